The summed E-state index contributed by atoms with van der Waals surface area (Å²) < 4.78 is 9.13. The van der Waals surface area contributed by atoms with Crippen LogP contribution >= 0.6 is 11.3 Å². The minimum absolute atomic E-state index is 0.868. The molecular formula is C58H37NOS. The number of benzene rings is 10. The fourth-order valence-corrected chi connectivity index (χ4v) is 10.5. The average molecular weight is 796 g/mol. The first-order chi connectivity index (χ1) is 30.2. The second-order valence-corrected chi connectivity index (χ2v) is 16.7. The molecule has 0 aliphatic heterocycles. The Hall–Kier alpha value is -7.72. The van der Waals surface area contributed by atoms with E-state index < -0.39 is 0 Å². The predicted molar refractivity (Wildman–Crippen MR) is 261 cm³/mol. The number of nitrogens with zero attached hydrogens (tertiary/aromatic N) is 1. The summed E-state index contributed by atoms with van der Waals surface area (Å²) in [5, 5.41) is 7.05. The Bertz CT molecular complexity index is 3570. The molecule has 0 unspecified atom stereocenters. The van der Waals surface area contributed by atoms with E-state index in [9.17, 15) is 0 Å². The Morgan fingerprint density at radius 2 is 0.885 bits per heavy atom. The van der Waals surface area contributed by atoms with Gasteiger partial charge in [0.1, 0.15) is 11.2 Å². The number of furan rings is 1. The zero-order chi connectivity index (χ0) is 40.3. The fraction of sp³-hybridized carbons (Fsp3) is 0. The molecule has 0 aliphatic carbocycles. The number of rotatable bonds is 7. The van der Waals surface area contributed by atoms with Crippen LogP contribution in [0.25, 0.3) is 97.4 Å². The molecule has 0 fully saturated rings. The molecule has 0 atom stereocenters. The van der Waals surface area contributed by atoms with Gasteiger partial charge in [-0.3, -0.25) is 0 Å². The Labute approximate surface area is 357 Å². The highest BCUT2D eigenvalue weighted by molar-refractivity contribution is 7.26. The molecule has 10 aromatic carbocycles. The molecule has 2 nitrogen and oxygen atoms in total. The summed E-state index contributed by atoms with van der Waals surface area (Å²) >= 11 is 1.88. The zero-order valence-corrected chi connectivity index (χ0v) is 33.9. The molecule has 0 N–H and O–H groups in total. The van der Waals surface area contributed by atoms with E-state index in [4.69, 9.17) is 4.42 Å². The van der Waals surface area contributed by atoms with Crippen molar-refractivity contribution in [3.05, 3.63) is 224 Å². The van der Waals surface area contributed by atoms with Gasteiger partial charge in [0, 0.05) is 42.0 Å². The molecule has 2 heterocycles. The van der Waals surface area contributed by atoms with E-state index in [0.29, 0.717) is 0 Å². The van der Waals surface area contributed by atoms with Gasteiger partial charge in [-0.05, 0) is 98.4 Å². The predicted octanol–water partition coefficient (Wildman–Crippen LogP) is 17.2. The Kier molecular flexibility index (Phi) is 8.39. The molecule has 286 valence electrons. The van der Waals surface area contributed by atoms with Crippen LogP contribution in [0, 0.1) is 0 Å². The van der Waals surface area contributed by atoms with E-state index in [-0.39, 0.29) is 0 Å². The molecule has 0 bridgehead atoms. The van der Waals surface area contributed by atoms with E-state index in [2.05, 4.69) is 229 Å². The summed E-state index contributed by atoms with van der Waals surface area (Å²) in [6.07, 6.45) is 0. The monoisotopic (exact) mass is 795 g/mol. The largest absolute Gasteiger partial charge is 0.456 e. The number of thiophene rings is 1. The quantitative estimate of drug-likeness (QED) is 0.160. The first-order valence-corrected chi connectivity index (χ1v) is 21.6. The molecule has 12 rings (SSSR count). The topological polar surface area (TPSA) is 16.4 Å². The van der Waals surface area contributed by atoms with Crippen LogP contribution < -0.4 is 4.90 Å². The first-order valence-electron chi connectivity index (χ1n) is 20.7. The summed E-state index contributed by atoms with van der Waals surface area (Å²) in [6, 6.07) is 81.1. The Morgan fingerprint density at radius 3 is 1.57 bits per heavy atom. The fourth-order valence-electron chi connectivity index (χ4n) is 9.17. The lowest BCUT2D eigenvalue weighted by Gasteiger charge is -2.29. The minimum Gasteiger partial charge on any atom is -0.456 e. The Balaban J connectivity index is 1.14. The smallest absolute Gasteiger partial charge is 0.136 e. The van der Waals surface area contributed by atoms with Crippen molar-refractivity contribution in [2.75, 3.05) is 4.90 Å². The van der Waals surface area contributed by atoms with Crippen LogP contribution in [0.5, 0.6) is 0 Å². The summed E-state index contributed by atoms with van der Waals surface area (Å²) in [5.41, 5.74) is 14.6. The molecule has 0 saturated heterocycles. The van der Waals surface area contributed by atoms with Crippen LogP contribution in [-0.4, -0.2) is 0 Å². The average Bonchev–Trinajstić information content (AvgIpc) is 3.91. The van der Waals surface area contributed by atoms with E-state index in [0.717, 1.165) is 44.6 Å². The van der Waals surface area contributed by atoms with Crippen LogP contribution in [0.15, 0.2) is 229 Å². The molecule has 0 saturated carbocycles. The molecule has 0 spiro atoms. The molecular weight excluding hydrogens is 759 g/mol. The highest BCUT2D eigenvalue weighted by Gasteiger charge is 2.24. The van der Waals surface area contributed by atoms with Crippen LogP contribution in [-0.2, 0) is 0 Å². The SMILES string of the molecule is c1ccc(-c2ccc3c(c2)oc2ccc(N(c4ccc(-c5ccccc5)c5ccccc45)c4ccc(-c5ccccc5)c5sc6cc(-c7ccccc7)ccc6c45)cc23)cc1. The standard InChI is InChI=1S/C58H37NOS/c1-5-15-38(16-6-1)42-25-28-49-51-37-44(27-34-54(51)60-55(49)35-42)59(52-32-30-45(40-19-9-3-10-20-40)47-23-13-14-24-48(47)52)53-33-31-46(41-21-11-4-12-22-41)58-57(53)50-29-26-43(36-56(50)61-58)39-17-7-2-8-18-39/h1-37H. The van der Waals surface area contributed by atoms with E-state index in [1.807, 2.05) is 11.3 Å². The zero-order valence-electron chi connectivity index (χ0n) is 33.1. The third-order valence-corrected chi connectivity index (χ3v) is 13.3. The third kappa shape index (κ3) is 6.01. The van der Waals surface area contributed by atoms with Crippen molar-refractivity contribution in [2.45, 2.75) is 0 Å². The highest BCUT2D eigenvalue weighted by atomic mass is 32.1. The summed E-state index contributed by atoms with van der Waals surface area (Å²) in [7, 11) is 0. The van der Waals surface area contributed by atoms with Crippen molar-refractivity contribution in [1.29, 1.82) is 0 Å². The van der Waals surface area contributed by atoms with Gasteiger partial charge < -0.3 is 9.32 Å². The maximum Gasteiger partial charge on any atom is 0.136 e. The van der Waals surface area contributed by atoms with Crippen molar-refractivity contribution in [2.24, 2.45) is 0 Å². The van der Waals surface area contributed by atoms with Crippen LogP contribution in [0.2, 0.25) is 0 Å². The second kappa shape index (κ2) is 14.5. The molecule has 2 aromatic heterocycles. The summed E-state index contributed by atoms with van der Waals surface area (Å²) in [5.74, 6) is 0. The van der Waals surface area contributed by atoms with Gasteiger partial charge in [-0.15, -0.1) is 11.3 Å². The first kappa shape index (κ1) is 35.2. The van der Waals surface area contributed by atoms with Crippen LogP contribution in [0.1, 0.15) is 0 Å². The molecule has 12 aromatic rings. The van der Waals surface area contributed by atoms with E-state index >= 15 is 0 Å². The van der Waals surface area contributed by atoms with Crippen molar-refractivity contribution < 1.29 is 4.42 Å². The van der Waals surface area contributed by atoms with Gasteiger partial charge in [0.15, 0.2) is 0 Å². The van der Waals surface area contributed by atoms with Crippen LogP contribution in [0.4, 0.5) is 17.1 Å². The van der Waals surface area contributed by atoms with Gasteiger partial charge in [-0.25, -0.2) is 0 Å². The number of hydrogen-bond donors (Lipinski definition) is 0. The highest BCUT2D eigenvalue weighted by Crippen LogP contribution is 2.51. The van der Waals surface area contributed by atoms with E-state index in [1.54, 1.807) is 0 Å². The number of fused-ring (bicyclic) bond motifs is 7. The summed E-state index contributed by atoms with van der Waals surface area (Å²) in [6.45, 7) is 0. The van der Waals surface area contributed by atoms with Gasteiger partial charge in [0.05, 0.1) is 11.4 Å². The normalized spacial score (nSPS) is 11.6. The molecule has 3 heteroatoms. The lowest BCUT2D eigenvalue weighted by atomic mass is 9.95. The lowest BCUT2D eigenvalue weighted by Crippen LogP contribution is -2.11. The van der Waals surface area contributed by atoms with Gasteiger partial charge in [0.25, 0.3) is 0 Å². The van der Waals surface area contributed by atoms with Crippen molar-refractivity contribution in [3.63, 3.8) is 0 Å². The van der Waals surface area contributed by atoms with Crippen LogP contribution in [0.3, 0.4) is 0 Å². The molecule has 0 amide bonds. The Morgan fingerprint density at radius 1 is 0.328 bits per heavy atom. The van der Waals surface area contributed by atoms with E-state index in [1.165, 1.54) is 69.9 Å². The van der Waals surface area contributed by atoms with Crippen molar-refractivity contribution in [1.82, 2.24) is 0 Å². The van der Waals surface area contributed by atoms with Crippen molar-refractivity contribution >= 4 is 81.3 Å². The second-order valence-electron chi connectivity index (χ2n) is 15.6. The molecule has 0 radical (unpaired) electrons. The maximum atomic E-state index is 6.61. The number of anilines is 3. The van der Waals surface area contributed by atoms with Gasteiger partial charge in [-0.1, -0.05) is 176 Å². The van der Waals surface area contributed by atoms with Crippen molar-refractivity contribution in [3.8, 4) is 44.5 Å². The lowest BCUT2D eigenvalue weighted by molar-refractivity contribution is 0.669. The molecule has 61 heavy (non-hydrogen) atoms. The number of hydrogen-bond acceptors (Lipinski definition) is 3. The van der Waals surface area contributed by atoms with Gasteiger partial charge >= 0.3 is 0 Å². The van der Waals surface area contributed by atoms with Gasteiger partial charge in [-0.2, -0.15) is 0 Å². The molecule has 0 aliphatic rings. The summed E-state index contributed by atoms with van der Waals surface area (Å²) in [4.78, 5) is 2.49. The van der Waals surface area contributed by atoms with Gasteiger partial charge in [0.2, 0.25) is 0 Å². The minimum atomic E-state index is 0.868. The maximum absolute atomic E-state index is 6.61. The third-order valence-electron chi connectivity index (χ3n) is 12.1.